The molecule has 0 aliphatic heterocycles. The molecule has 0 saturated heterocycles. The van der Waals surface area contributed by atoms with Crippen molar-refractivity contribution >= 4 is 5.97 Å². The van der Waals surface area contributed by atoms with E-state index in [0.717, 1.165) is 23.1 Å². The summed E-state index contributed by atoms with van der Waals surface area (Å²) in [6.45, 7) is 2.02. The zero-order valence-corrected chi connectivity index (χ0v) is 13.7. The maximum atomic E-state index is 12.4. The predicted molar refractivity (Wildman–Crippen MR) is 96.8 cm³/mol. The molecule has 2 heteroatoms. The van der Waals surface area contributed by atoms with E-state index in [-0.39, 0.29) is 12.1 Å². The Morgan fingerprint density at radius 3 is 1.92 bits per heavy atom. The molecule has 0 heterocycles. The van der Waals surface area contributed by atoms with Gasteiger partial charge in [0.15, 0.2) is 0 Å². The Labute approximate surface area is 142 Å². The topological polar surface area (TPSA) is 26.3 Å². The Balaban J connectivity index is 1.73. The third-order valence-corrected chi connectivity index (χ3v) is 4.02. The lowest BCUT2D eigenvalue weighted by Crippen LogP contribution is -2.11. The molecule has 0 unspecified atom stereocenters. The molecule has 0 aliphatic carbocycles. The first kappa shape index (κ1) is 16.0. The Hall–Kier alpha value is -2.87. The second-order valence-corrected chi connectivity index (χ2v) is 5.66. The summed E-state index contributed by atoms with van der Waals surface area (Å²) in [4.78, 5) is 12.4. The number of hydrogen-bond acceptors (Lipinski definition) is 2. The minimum Gasteiger partial charge on any atom is -0.454 e. The highest BCUT2D eigenvalue weighted by atomic mass is 16.5. The first-order chi connectivity index (χ1) is 11.8. The molecule has 0 radical (unpaired) electrons. The molecule has 3 rings (SSSR count). The lowest BCUT2D eigenvalue weighted by Gasteiger charge is -2.16. The number of carbonyl (C=O) groups excluding carboxylic acids is 1. The van der Waals surface area contributed by atoms with E-state index >= 15 is 0 Å². The smallest absolute Gasteiger partial charge is 0.338 e. The average molecular weight is 316 g/mol. The normalized spacial score (nSPS) is 11.7. The molecular weight excluding hydrogens is 296 g/mol. The van der Waals surface area contributed by atoms with Crippen molar-refractivity contribution in [1.82, 2.24) is 0 Å². The SMILES string of the molecule is CC[C@@H](OC(=O)c1ccc(-c2ccccc2)cc1)c1ccccc1. The Kier molecular flexibility index (Phi) is 5.07. The van der Waals surface area contributed by atoms with E-state index in [4.69, 9.17) is 4.74 Å². The highest BCUT2D eigenvalue weighted by Gasteiger charge is 2.16. The molecule has 2 nitrogen and oxygen atoms in total. The van der Waals surface area contributed by atoms with Crippen molar-refractivity contribution in [2.75, 3.05) is 0 Å². The van der Waals surface area contributed by atoms with Crippen LogP contribution in [0.5, 0.6) is 0 Å². The molecule has 0 N–H and O–H groups in total. The molecule has 1 atom stereocenters. The van der Waals surface area contributed by atoms with Gasteiger partial charge >= 0.3 is 5.97 Å². The number of benzene rings is 3. The fourth-order valence-corrected chi connectivity index (χ4v) is 2.68. The molecule has 0 aliphatic rings. The van der Waals surface area contributed by atoms with Crippen LogP contribution in [0.25, 0.3) is 11.1 Å². The second kappa shape index (κ2) is 7.60. The molecule has 0 aromatic heterocycles. The molecule has 3 aromatic carbocycles. The number of rotatable bonds is 5. The molecule has 0 amide bonds. The van der Waals surface area contributed by atoms with Gasteiger partial charge in [-0.3, -0.25) is 0 Å². The summed E-state index contributed by atoms with van der Waals surface area (Å²) in [5.74, 6) is -0.287. The van der Waals surface area contributed by atoms with Crippen LogP contribution in [0.3, 0.4) is 0 Å². The molecule has 0 saturated carbocycles. The van der Waals surface area contributed by atoms with Crippen LogP contribution in [0.1, 0.15) is 35.4 Å². The van der Waals surface area contributed by atoms with Crippen LogP contribution >= 0.6 is 0 Å². The van der Waals surface area contributed by atoms with E-state index in [9.17, 15) is 4.79 Å². The van der Waals surface area contributed by atoms with Crippen molar-refractivity contribution in [2.45, 2.75) is 19.4 Å². The van der Waals surface area contributed by atoms with Gasteiger partial charge in [-0.1, -0.05) is 79.7 Å². The Morgan fingerprint density at radius 1 is 0.792 bits per heavy atom. The van der Waals surface area contributed by atoms with Crippen LogP contribution in [0, 0.1) is 0 Å². The summed E-state index contributed by atoms with van der Waals surface area (Å²) in [6.07, 6.45) is 0.533. The molecule has 120 valence electrons. The summed E-state index contributed by atoms with van der Waals surface area (Å²) in [5, 5.41) is 0. The molecule has 3 aromatic rings. The fraction of sp³-hybridized carbons (Fsp3) is 0.136. The summed E-state index contributed by atoms with van der Waals surface area (Å²) < 4.78 is 5.68. The first-order valence-electron chi connectivity index (χ1n) is 8.19. The van der Waals surface area contributed by atoms with Gasteiger partial charge in [-0.05, 0) is 35.2 Å². The fourth-order valence-electron chi connectivity index (χ4n) is 2.68. The minimum absolute atomic E-state index is 0.215. The van der Waals surface area contributed by atoms with Crippen LogP contribution < -0.4 is 0 Å². The van der Waals surface area contributed by atoms with E-state index in [1.165, 1.54) is 0 Å². The molecule has 0 fully saturated rings. The quantitative estimate of drug-likeness (QED) is 0.568. The van der Waals surface area contributed by atoms with Crippen molar-refractivity contribution in [3.05, 3.63) is 96.1 Å². The van der Waals surface area contributed by atoms with Crippen LogP contribution in [0.2, 0.25) is 0 Å². The van der Waals surface area contributed by atoms with Crippen molar-refractivity contribution in [1.29, 1.82) is 0 Å². The number of ether oxygens (including phenoxy) is 1. The van der Waals surface area contributed by atoms with E-state index in [1.807, 2.05) is 79.7 Å². The highest BCUT2D eigenvalue weighted by Crippen LogP contribution is 2.24. The maximum absolute atomic E-state index is 12.4. The van der Waals surface area contributed by atoms with E-state index in [2.05, 4.69) is 12.1 Å². The van der Waals surface area contributed by atoms with Crippen LogP contribution in [-0.2, 0) is 4.74 Å². The number of carbonyl (C=O) groups is 1. The monoisotopic (exact) mass is 316 g/mol. The van der Waals surface area contributed by atoms with Crippen molar-refractivity contribution in [3.8, 4) is 11.1 Å². The molecule has 24 heavy (non-hydrogen) atoms. The van der Waals surface area contributed by atoms with Crippen molar-refractivity contribution in [3.63, 3.8) is 0 Å². The lowest BCUT2D eigenvalue weighted by atomic mass is 10.0. The molecular formula is C22H20O2. The van der Waals surface area contributed by atoms with Gasteiger partial charge < -0.3 is 4.74 Å². The van der Waals surface area contributed by atoms with E-state index < -0.39 is 0 Å². The van der Waals surface area contributed by atoms with Gasteiger partial charge in [-0.2, -0.15) is 0 Å². The summed E-state index contributed by atoms with van der Waals surface area (Å²) in [6, 6.07) is 27.5. The maximum Gasteiger partial charge on any atom is 0.338 e. The third-order valence-electron chi connectivity index (χ3n) is 4.02. The van der Waals surface area contributed by atoms with Gasteiger partial charge in [0.25, 0.3) is 0 Å². The van der Waals surface area contributed by atoms with Crippen molar-refractivity contribution < 1.29 is 9.53 Å². The summed E-state index contributed by atoms with van der Waals surface area (Å²) in [7, 11) is 0. The molecule has 0 spiro atoms. The van der Waals surface area contributed by atoms with Crippen molar-refractivity contribution in [2.24, 2.45) is 0 Å². The predicted octanol–water partition coefficient (Wildman–Crippen LogP) is 5.66. The van der Waals surface area contributed by atoms with Gasteiger partial charge in [0.2, 0.25) is 0 Å². The molecule has 0 bridgehead atoms. The van der Waals surface area contributed by atoms with Crippen LogP contribution in [0.15, 0.2) is 84.9 Å². The number of hydrogen-bond donors (Lipinski definition) is 0. The van der Waals surface area contributed by atoms with Gasteiger partial charge in [-0.15, -0.1) is 0 Å². The number of esters is 1. The standard InChI is InChI=1S/C22H20O2/c1-2-21(19-11-7-4-8-12-19)24-22(23)20-15-13-18(14-16-20)17-9-5-3-6-10-17/h3-16,21H,2H2,1H3/t21-/m1/s1. The zero-order chi connectivity index (χ0) is 16.8. The largest absolute Gasteiger partial charge is 0.454 e. The summed E-state index contributed by atoms with van der Waals surface area (Å²) >= 11 is 0. The van der Waals surface area contributed by atoms with Crippen LogP contribution in [0.4, 0.5) is 0 Å². The van der Waals surface area contributed by atoms with Gasteiger partial charge in [-0.25, -0.2) is 4.79 Å². The van der Waals surface area contributed by atoms with Gasteiger partial charge in [0, 0.05) is 0 Å². The highest BCUT2D eigenvalue weighted by molar-refractivity contribution is 5.90. The minimum atomic E-state index is -0.287. The van der Waals surface area contributed by atoms with E-state index in [0.29, 0.717) is 5.56 Å². The van der Waals surface area contributed by atoms with Gasteiger partial charge in [0.1, 0.15) is 6.10 Å². The van der Waals surface area contributed by atoms with E-state index in [1.54, 1.807) is 0 Å². The van der Waals surface area contributed by atoms with Gasteiger partial charge in [0.05, 0.1) is 5.56 Å². The zero-order valence-electron chi connectivity index (χ0n) is 13.7. The average Bonchev–Trinajstić information content (AvgIpc) is 2.67. The Bertz CT molecular complexity index is 777. The third kappa shape index (κ3) is 3.72. The second-order valence-electron chi connectivity index (χ2n) is 5.66. The van der Waals surface area contributed by atoms with Crippen LogP contribution in [-0.4, -0.2) is 5.97 Å². The first-order valence-corrected chi connectivity index (χ1v) is 8.19. The summed E-state index contributed by atoms with van der Waals surface area (Å²) in [5.41, 5.74) is 3.81. The Morgan fingerprint density at radius 2 is 1.33 bits per heavy atom. The lowest BCUT2D eigenvalue weighted by molar-refractivity contribution is 0.0288.